The molecule has 0 radical (unpaired) electrons. The number of nitrogens with one attached hydrogen (secondary N) is 3. The molecule has 3 fully saturated rings. The molecule has 1 amide bonds. The maximum absolute atomic E-state index is 13.9. The van der Waals surface area contributed by atoms with Crippen LogP contribution in [0.15, 0.2) is 48.5 Å². The van der Waals surface area contributed by atoms with Crippen molar-refractivity contribution in [1.29, 1.82) is 0 Å². The van der Waals surface area contributed by atoms with Crippen LogP contribution in [0.1, 0.15) is 67.7 Å². The van der Waals surface area contributed by atoms with Crippen LogP contribution in [-0.2, 0) is 22.4 Å². The predicted molar refractivity (Wildman–Crippen MR) is 134 cm³/mol. The number of hydroxylamine groups is 1. The molecular weight excluding hydrogens is 500 g/mol. The molecule has 6 nitrogen and oxygen atoms in total. The van der Waals surface area contributed by atoms with Gasteiger partial charge >= 0.3 is 6.18 Å². The van der Waals surface area contributed by atoms with E-state index in [1.807, 2.05) is 30.3 Å². The lowest BCUT2D eigenvalue weighted by Gasteiger charge is -2.35. The Morgan fingerprint density at radius 3 is 2.53 bits per heavy atom. The van der Waals surface area contributed by atoms with Gasteiger partial charge in [0.15, 0.2) is 0 Å². The van der Waals surface area contributed by atoms with Gasteiger partial charge in [-0.25, -0.2) is 9.40 Å². The largest absolute Gasteiger partial charge is 0.416 e. The third kappa shape index (κ3) is 5.88. The first-order chi connectivity index (χ1) is 18.2. The third-order valence-electron chi connectivity index (χ3n) is 8.09. The summed E-state index contributed by atoms with van der Waals surface area (Å²) in [6, 6.07) is 12.0. The summed E-state index contributed by atoms with van der Waals surface area (Å²) < 4.78 is 54.1. The van der Waals surface area contributed by atoms with Gasteiger partial charge in [0.05, 0.1) is 11.6 Å². The van der Waals surface area contributed by atoms with Crippen molar-refractivity contribution in [3.63, 3.8) is 0 Å². The van der Waals surface area contributed by atoms with Crippen LogP contribution in [0.25, 0.3) is 0 Å². The number of halogens is 4. The zero-order valence-corrected chi connectivity index (χ0v) is 21.2. The molecule has 206 valence electrons. The lowest BCUT2D eigenvalue weighted by Crippen LogP contribution is -2.60. The number of alkyl halides is 3. The van der Waals surface area contributed by atoms with E-state index in [1.54, 1.807) is 5.01 Å². The highest BCUT2D eigenvalue weighted by atomic mass is 19.4. The summed E-state index contributed by atoms with van der Waals surface area (Å²) in [5, 5.41) is 4.74. The van der Waals surface area contributed by atoms with Gasteiger partial charge in [-0.05, 0) is 48.1 Å². The first-order valence-electron chi connectivity index (χ1n) is 13.4. The lowest BCUT2D eigenvalue weighted by atomic mass is 9.75. The number of nitrogens with zero attached hydrogens (tertiary/aromatic N) is 1. The Balaban J connectivity index is 1.28. The summed E-state index contributed by atoms with van der Waals surface area (Å²) in [4.78, 5) is 19.9. The number of amides is 1. The quantitative estimate of drug-likeness (QED) is 0.359. The molecule has 38 heavy (non-hydrogen) atoms. The van der Waals surface area contributed by atoms with Gasteiger partial charge in [-0.2, -0.15) is 18.7 Å². The minimum Gasteiger partial charge on any atom is -0.349 e. The summed E-state index contributed by atoms with van der Waals surface area (Å²) >= 11 is 0. The Morgan fingerprint density at radius 1 is 1.08 bits per heavy atom. The molecule has 2 aliphatic heterocycles. The monoisotopic (exact) mass is 534 g/mol. The van der Waals surface area contributed by atoms with Crippen molar-refractivity contribution in [2.75, 3.05) is 13.1 Å². The Kier molecular flexibility index (Phi) is 8.04. The summed E-state index contributed by atoms with van der Waals surface area (Å²) in [6.45, 7) is 0.527. The molecule has 2 aromatic carbocycles. The van der Waals surface area contributed by atoms with Gasteiger partial charge in [-0.1, -0.05) is 56.0 Å². The molecule has 3 atom stereocenters. The van der Waals surface area contributed by atoms with E-state index in [9.17, 15) is 22.4 Å². The number of hydrogen-bond acceptors (Lipinski definition) is 5. The van der Waals surface area contributed by atoms with Crippen LogP contribution in [0.4, 0.5) is 17.6 Å². The predicted octanol–water partition coefficient (Wildman–Crippen LogP) is 5.02. The minimum atomic E-state index is -4.58. The normalized spacial score (nSPS) is 27.4. The number of hydrazine groups is 1. The van der Waals surface area contributed by atoms with Crippen LogP contribution in [0, 0.1) is 11.7 Å². The SMILES string of the molecule is O=C(NC1CNN(Cc2cc(F)ccc2C(F)(F)F)C1)C1(C2CCCCCC2)CC(c2ccccc2)ON1. The number of carbonyl (C=O) groups is 1. The third-order valence-corrected chi connectivity index (χ3v) is 8.09. The molecule has 0 aromatic heterocycles. The number of benzene rings is 2. The molecule has 1 aliphatic carbocycles. The molecule has 2 heterocycles. The molecule has 2 aromatic rings. The highest BCUT2D eigenvalue weighted by Gasteiger charge is 2.52. The molecule has 3 aliphatic rings. The zero-order valence-electron chi connectivity index (χ0n) is 21.2. The molecular formula is C28H34F4N4O2. The van der Waals surface area contributed by atoms with Crippen LogP contribution < -0.4 is 16.2 Å². The molecule has 0 bridgehead atoms. The molecule has 1 saturated carbocycles. The van der Waals surface area contributed by atoms with E-state index in [-0.39, 0.29) is 36.1 Å². The molecule has 2 saturated heterocycles. The summed E-state index contributed by atoms with van der Waals surface area (Å²) in [5.74, 6) is -0.744. The van der Waals surface area contributed by atoms with Gasteiger partial charge in [0.25, 0.3) is 0 Å². The zero-order chi connectivity index (χ0) is 26.8. The van der Waals surface area contributed by atoms with Gasteiger partial charge in [-0.15, -0.1) is 0 Å². The van der Waals surface area contributed by atoms with Crippen molar-refractivity contribution < 1.29 is 27.2 Å². The van der Waals surface area contributed by atoms with Gasteiger partial charge in [0.1, 0.15) is 17.5 Å². The van der Waals surface area contributed by atoms with E-state index in [0.717, 1.165) is 62.3 Å². The average Bonchev–Trinajstić information content (AvgIpc) is 3.43. The molecule has 0 spiro atoms. The topological polar surface area (TPSA) is 65.6 Å². The van der Waals surface area contributed by atoms with E-state index in [0.29, 0.717) is 19.5 Å². The van der Waals surface area contributed by atoms with E-state index in [4.69, 9.17) is 4.84 Å². The van der Waals surface area contributed by atoms with Crippen LogP contribution in [0.2, 0.25) is 0 Å². The average molecular weight is 535 g/mol. The molecule has 3 N–H and O–H groups in total. The Hall–Kier alpha value is -2.53. The fourth-order valence-electron chi connectivity index (χ4n) is 6.09. The number of rotatable bonds is 6. The Bertz CT molecular complexity index is 1110. The van der Waals surface area contributed by atoms with Crippen LogP contribution >= 0.6 is 0 Å². The van der Waals surface area contributed by atoms with Crippen LogP contribution in [-0.4, -0.2) is 35.6 Å². The van der Waals surface area contributed by atoms with E-state index in [2.05, 4.69) is 16.2 Å². The van der Waals surface area contributed by atoms with E-state index >= 15 is 0 Å². The summed E-state index contributed by atoms with van der Waals surface area (Å²) in [7, 11) is 0. The second-order valence-corrected chi connectivity index (χ2v) is 10.7. The van der Waals surface area contributed by atoms with Crippen molar-refractivity contribution in [2.24, 2.45) is 5.92 Å². The van der Waals surface area contributed by atoms with Crippen molar-refractivity contribution in [2.45, 2.75) is 75.4 Å². The summed E-state index contributed by atoms with van der Waals surface area (Å²) in [6.07, 6.45) is 1.96. The highest BCUT2D eigenvalue weighted by Crippen LogP contribution is 2.43. The second kappa shape index (κ2) is 11.3. The van der Waals surface area contributed by atoms with Crippen molar-refractivity contribution in [3.05, 3.63) is 71.0 Å². The second-order valence-electron chi connectivity index (χ2n) is 10.7. The smallest absolute Gasteiger partial charge is 0.349 e. The lowest BCUT2D eigenvalue weighted by molar-refractivity contribution is -0.138. The van der Waals surface area contributed by atoms with Crippen LogP contribution in [0.3, 0.4) is 0 Å². The number of hydrogen-bond donors (Lipinski definition) is 3. The van der Waals surface area contributed by atoms with Gasteiger partial charge in [-0.3, -0.25) is 15.1 Å². The Labute approximate surface area is 220 Å². The fraction of sp³-hybridized carbons (Fsp3) is 0.536. The maximum Gasteiger partial charge on any atom is 0.416 e. The Morgan fingerprint density at radius 2 is 1.82 bits per heavy atom. The van der Waals surface area contributed by atoms with E-state index in [1.165, 1.54) is 0 Å². The summed E-state index contributed by atoms with van der Waals surface area (Å²) in [5.41, 5.74) is 5.33. The number of carbonyl (C=O) groups excluding carboxylic acids is 1. The van der Waals surface area contributed by atoms with Crippen LogP contribution in [0.5, 0.6) is 0 Å². The van der Waals surface area contributed by atoms with Gasteiger partial charge < -0.3 is 5.32 Å². The fourth-order valence-corrected chi connectivity index (χ4v) is 6.09. The molecule has 5 rings (SSSR count). The van der Waals surface area contributed by atoms with Gasteiger partial charge in [0, 0.05) is 26.1 Å². The molecule has 10 heteroatoms. The first kappa shape index (κ1) is 27.1. The first-order valence-corrected chi connectivity index (χ1v) is 13.4. The minimum absolute atomic E-state index is 0.116. The van der Waals surface area contributed by atoms with Gasteiger partial charge in [0.2, 0.25) is 5.91 Å². The molecule has 3 unspecified atom stereocenters. The van der Waals surface area contributed by atoms with Crippen molar-refractivity contribution >= 4 is 5.91 Å². The van der Waals surface area contributed by atoms with Crippen molar-refractivity contribution in [3.8, 4) is 0 Å². The highest BCUT2D eigenvalue weighted by molar-refractivity contribution is 5.87. The van der Waals surface area contributed by atoms with E-state index < -0.39 is 23.1 Å². The maximum atomic E-state index is 13.9. The standard InChI is InChI=1S/C28H34F4N4O2/c29-22-12-13-24(28(30,31)32)20(14-22)17-36-18-23(16-33-36)34-26(37)27(21-10-6-1-2-7-11-21)15-25(38-35-27)19-8-4-3-5-9-19/h3-5,8-9,12-14,21,23,25,33,35H,1-2,6-7,10-11,15-18H2,(H,34,37). The van der Waals surface area contributed by atoms with Crippen molar-refractivity contribution in [1.82, 2.24) is 21.2 Å².